The van der Waals surface area contributed by atoms with Crippen LogP contribution < -0.4 is 16.4 Å². The van der Waals surface area contributed by atoms with E-state index >= 15 is 0 Å². The summed E-state index contributed by atoms with van der Waals surface area (Å²) in [6.45, 7) is 1.81. The zero-order valence-electron chi connectivity index (χ0n) is 11.7. The second-order valence-electron chi connectivity index (χ2n) is 4.56. The highest BCUT2D eigenvalue weighted by molar-refractivity contribution is 9.10. The number of nitrogens with zero attached hydrogens (tertiary/aromatic N) is 3. The molecule has 3 aromatic rings. The summed E-state index contributed by atoms with van der Waals surface area (Å²) in [5, 5.41) is 10.00. The van der Waals surface area contributed by atoms with Crippen molar-refractivity contribution >= 4 is 44.8 Å². The number of aromatic nitrogens is 3. The molecule has 22 heavy (non-hydrogen) atoms. The van der Waals surface area contributed by atoms with Crippen LogP contribution in [0, 0.1) is 6.92 Å². The smallest absolute Gasteiger partial charge is 0.175 e. The van der Waals surface area contributed by atoms with Gasteiger partial charge in [-0.25, -0.2) is 9.97 Å². The minimum atomic E-state index is 0.395. The summed E-state index contributed by atoms with van der Waals surface area (Å²) in [7, 11) is 0. The fraction of sp³-hybridized carbons (Fsp3) is 0.0714. The minimum absolute atomic E-state index is 0.395. The zero-order chi connectivity index (χ0) is 15.5. The number of nitrogens with two attached hydrogens (primary N) is 1. The maximum absolute atomic E-state index is 6.10. The van der Waals surface area contributed by atoms with Gasteiger partial charge in [0.15, 0.2) is 17.5 Å². The van der Waals surface area contributed by atoms with Crippen LogP contribution in [0.3, 0.4) is 0 Å². The normalized spacial score (nSPS) is 10.5. The maximum atomic E-state index is 6.10. The van der Waals surface area contributed by atoms with Crippen molar-refractivity contribution in [1.82, 2.24) is 15.1 Å². The second kappa shape index (κ2) is 6.02. The Balaban J connectivity index is 1.83. The lowest BCUT2D eigenvalue weighted by molar-refractivity contribution is 0.400. The summed E-state index contributed by atoms with van der Waals surface area (Å²) in [5.74, 6) is 2.21. The molecule has 0 saturated heterocycles. The van der Waals surface area contributed by atoms with Gasteiger partial charge in [0.2, 0.25) is 0 Å². The van der Waals surface area contributed by atoms with E-state index in [4.69, 9.17) is 10.3 Å². The molecule has 112 valence electrons. The molecule has 2 aromatic heterocycles. The quantitative estimate of drug-likeness (QED) is 0.652. The first kappa shape index (κ1) is 14.3. The molecule has 7 nitrogen and oxygen atoms in total. The van der Waals surface area contributed by atoms with E-state index in [-0.39, 0.29) is 0 Å². The van der Waals surface area contributed by atoms with E-state index in [1.54, 1.807) is 6.07 Å². The topological polar surface area (TPSA) is 102 Å². The number of rotatable bonds is 4. The van der Waals surface area contributed by atoms with Crippen LogP contribution in [0.2, 0.25) is 0 Å². The number of halogens is 1. The first-order chi connectivity index (χ1) is 10.6. The van der Waals surface area contributed by atoms with Crippen LogP contribution in [0.1, 0.15) is 5.76 Å². The van der Waals surface area contributed by atoms with Gasteiger partial charge in [0.1, 0.15) is 17.8 Å². The molecule has 4 N–H and O–H groups in total. The van der Waals surface area contributed by atoms with Crippen LogP contribution in [-0.4, -0.2) is 15.1 Å². The number of nitrogen functional groups attached to an aromatic ring is 1. The van der Waals surface area contributed by atoms with Crippen LogP contribution in [0.4, 0.5) is 28.8 Å². The van der Waals surface area contributed by atoms with Crippen molar-refractivity contribution < 1.29 is 4.52 Å². The summed E-state index contributed by atoms with van der Waals surface area (Å²) < 4.78 is 5.99. The number of benzene rings is 1. The van der Waals surface area contributed by atoms with Crippen molar-refractivity contribution in [2.45, 2.75) is 6.92 Å². The van der Waals surface area contributed by atoms with Crippen molar-refractivity contribution in [3.63, 3.8) is 0 Å². The molecule has 0 spiro atoms. The van der Waals surface area contributed by atoms with Crippen LogP contribution in [0.15, 0.2) is 45.7 Å². The molecule has 0 aliphatic rings. The number of anilines is 5. The van der Waals surface area contributed by atoms with Crippen LogP contribution in [0.25, 0.3) is 0 Å². The van der Waals surface area contributed by atoms with Gasteiger partial charge in [-0.05, 0) is 31.2 Å². The van der Waals surface area contributed by atoms with Gasteiger partial charge in [0, 0.05) is 16.2 Å². The Bertz CT molecular complexity index is 786. The zero-order valence-corrected chi connectivity index (χ0v) is 13.3. The Hall–Kier alpha value is -2.61. The molecule has 0 aliphatic heterocycles. The van der Waals surface area contributed by atoms with Gasteiger partial charge < -0.3 is 20.9 Å². The summed E-state index contributed by atoms with van der Waals surface area (Å²) in [6.07, 6.45) is 1.42. The van der Waals surface area contributed by atoms with Gasteiger partial charge in [-0.3, -0.25) is 0 Å². The third-order valence-electron chi connectivity index (χ3n) is 2.87. The van der Waals surface area contributed by atoms with Crippen molar-refractivity contribution in [1.29, 1.82) is 0 Å². The van der Waals surface area contributed by atoms with Gasteiger partial charge in [0.05, 0.1) is 0 Å². The Labute approximate surface area is 135 Å². The first-order valence-electron chi connectivity index (χ1n) is 6.45. The molecule has 0 atom stereocenters. The largest absolute Gasteiger partial charge is 0.393 e. The maximum Gasteiger partial charge on any atom is 0.175 e. The number of hydrogen-bond donors (Lipinski definition) is 3. The molecular formula is C14H13BrN6O. The molecule has 2 heterocycles. The molecule has 0 bridgehead atoms. The highest BCUT2D eigenvalue weighted by Crippen LogP contribution is 2.28. The average Bonchev–Trinajstić information content (AvgIpc) is 2.91. The van der Waals surface area contributed by atoms with Gasteiger partial charge >= 0.3 is 0 Å². The summed E-state index contributed by atoms with van der Waals surface area (Å²) in [5.41, 5.74) is 7.36. The Morgan fingerprint density at radius 2 is 1.77 bits per heavy atom. The van der Waals surface area contributed by atoms with Gasteiger partial charge in [0.25, 0.3) is 0 Å². The highest BCUT2D eigenvalue weighted by atomic mass is 79.9. The molecule has 1 aromatic carbocycles. The van der Waals surface area contributed by atoms with Crippen molar-refractivity contribution in [2.75, 3.05) is 16.4 Å². The molecular weight excluding hydrogens is 348 g/mol. The molecule has 3 rings (SSSR count). The first-order valence-corrected chi connectivity index (χ1v) is 7.24. The fourth-order valence-electron chi connectivity index (χ4n) is 1.81. The molecule has 0 amide bonds. The monoisotopic (exact) mass is 360 g/mol. The lowest BCUT2D eigenvalue weighted by atomic mass is 10.3. The van der Waals surface area contributed by atoms with Gasteiger partial charge in [-0.1, -0.05) is 21.1 Å². The predicted molar refractivity (Wildman–Crippen MR) is 88.4 cm³/mol. The molecule has 0 saturated carbocycles. The number of hydrogen-bond acceptors (Lipinski definition) is 7. The third kappa shape index (κ3) is 3.17. The Morgan fingerprint density at radius 3 is 2.41 bits per heavy atom. The predicted octanol–water partition coefficient (Wildman–Crippen LogP) is 3.60. The van der Waals surface area contributed by atoms with Crippen molar-refractivity contribution in [2.24, 2.45) is 0 Å². The Morgan fingerprint density at radius 1 is 1.09 bits per heavy atom. The third-order valence-corrected chi connectivity index (χ3v) is 3.39. The summed E-state index contributed by atoms with van der Waals surface area (Å²) >= 11 is 3.39. The lowest BCUT2D eigenvalue weighted by Gasteiger charge is -2.11. The van der Waals surface area contributed by atoms with E-state index in [1.165, 1.54) is 6.33 Å². The average molecular weight is 361 g/mol. The van der Waals surface area contributed by atoms with Crippen molar-refractivity contribution in [3.05, 3.63) is 46.9 Å². The van der Waals surface area contributed by atoms with Crippen LogP contribution in [0.5, 0.6) is 0 Å². The molecule has 8 heteroatoms. The number of nitrogens with one attached hydrogen (secondary N) is 2. The SMILES string of the molecule is Cc1cc(Nc2ncnc(Nc3ccc(Br)cc3)c2N)no1. The highest BCUT2D eigenvalue weighted by Gasteiger charge is 2.10. The van der Waals surface area contributed by atoms with E-state index in [0.29, 0.717) is 28.9 Å². The van der Waals surface area contributed by atoms with E-state index in [0.717, 1.165) is 10.2 Å². The molecule has 0 radical (unpaired) electrons. The fourth-order valence-corrected chi connectivity index (χ4v) is 2.08. The standard InChI is InChI=1S/C14H13BrN6O/c1-8-6-11(21-22-8)20-14-12(16)13(17-7-18-14)19-10-4-2-9(15)3-5-10/h2-7H,16H2,1H3,(H2,17,18,19,20,21). The van der Waals surface area contributed by atoms with Crippen LogP contribution >= 0.6 is 15.9 Å². The lowest BCUT2D eigenvalue weighted by Crippen LogP contribution is -2.05. The molecule has 0 unspecified atom stereocenters. The number of aryl methyl sites for hydroxylation is 1. The van der Waals surface area contributed by atoms with E-state index in [9.17, 15) is 0 Å². The van der Waals surface area contributed by atoms with Gasteiger partial charge in [-0.2, -0.15) is 0 Å². The van der Waals surface area contributed by atoms with Crippen molar-refractivity contribution in [3.8, 4) is 0 Å². The van der Waals surface area contributed by atoms with E-state index in [1.807, 2.05) is 31.2 Å². The van der Waals surface area contributed by atoms with E-state index < -0.39 is 0 Å². The second-order valence-corrected chi connectivity index (χ2v) is 5.48. The summed E-state index contributed by atoms with van der Waals surface area (Å²) in [4.78, 5) is 8.28. The minimum Gasteiger partial charge on any atom is -0.393 e. The van der Waals surface area contributed by atoms with Crippen LogP contribution in [-0.2, 0) is 0 Å². The summed E-state index contributed by atoms with van der Waals surface area (Å²) in [6, 6.07) is 9.44. The molecule has 0 fully saturated rings. The van der Waals surface area contributed by atoms with Gasteiger partial charge in [-0.15, -0.1) is 0 Å². The van der Waals surface area contributed by atoms with E-state index in [2.05, 4.69) is 41.7 Å². The molecule has 0 aliphatic carbocycles. The Kier molecular flexibility index (Phi) is 3.92.